The zero-order valence-corrected chi connectivity index (χ0v) is 16.3. The number of esters is 1. The predicted octanol–water partition coefficient (Wildman–Crippen LogP) is 4.08. The number of nitrogens with zero attached hydrogens (tertiary/aromatic N) is 1. The average molecular weight is 397 g/mol. The highest BCUT2D eigenvalue weighted by Crippen LogP contribution is 2.36. The van der Waals surface area contributed by atoms with Crippen LogP contribution in [0, 0.1) is 0 Å². The van der Waals surface area contributed by atoms with Gasteiger partial charge in [0.1, 0.15) is 17.1 Å². The number of methoxy groups -OCH3 is 2. The van der Waals surface area contributed by atoms with Crippen LogP contribution < -0.4 is 9.47 Å². The molecule has 0 unspecified atom stereocenters. The summed E-state index contributed by atoms with van der Waals surface area (Å²) in [7, 11) is 2.80. The van der Waals surface area contributed by atoms with Crippen molar-refractivity contribution in [3.63, 3.8) is 0 Å². The van der Waals surface area contributed by atoms with Gasteiger partial charge in [-0.05, 0) is 18.2 Å². The monoisotopic (exact) mass is 397 g/mol. The first kappa shape index (κ1) is 19.6. The number of aromatic nitrogens is 1. The fraction of sp³-hybridized carbons (Fsp3) is 0.190. The molecule has 0 bridgehead atoms. The molecule has 0 aliphatic carbocycles. The number of para-hydroxylation sites is 2. The Hall–Kier alpha value is -3.19. The van der Waals surface area contributed by atoms with Crippen LogP contribution >= 0.6 is 11.3 Å². The number of ether oxygens (including phenoxy) is 3. The Bertz CT molecular complexity index is 969. The van der Waals surface area contributed by atoms with Gasteiger partial charge >= 0.3 is 5.97 Å². The third-order valence-corrected chi connectivity index (χ3v) is 4.79. The minimum atomic E-state index is -0.536. The topological polar surface area (TPSA) is 74.7 Å². The molecular formula is C21H19NO5S. The van der Waals surface area contributed by atoms with Crippen molar-refractivity contribution in [2.45, 2.75) is 12.8 Å². The van der Waals surface area contributed by atoms with Crippen molar-refractivity contribution >= 4 is 23.1 Å². The fourth-order valence-electron chi connectivity index (χ4n) is 2.70. The molecule has 0 N–H and O–H groups in total. The van der Waals surface area contributed by atoms with E-state index in [9.17, 15) is 9.59 Å². The molecule has 1 heterocycles. The quantitative estimate of drug-likeness (QED) is 0.533. The van der Waals surface area contributed by atoms with Gasteiger partial charge in [-0.2, -0.15) is 0 Å². The Kier molecular flexibility index (Phi) is 6.39. The van der Waals surface area contributed by atoms with Crippen LogP contribution in [-0.2, 0) is 22.4 Å². The van der Waals surface area contributed by atoms with Crippen LogP contribution in [0.1, 0.15) is 20.9 Å². The number of ketones is 1. The number of Topliss-reactive ketones (excluding diaryl/α,β-unsaturated/α-hetero) is 1. The lowest BCUT2D eigenvalue weighted by Gasteiger charge is -2.16. The molecule has 0 amide bonds. The van der Waals surface area contributed by atoms with E-state index in [0.717, 1.165) is 5.01 Å². The van der Waals surface area contributed by atoms with Crippen LogP contribution in [-0.4, -0.2) is 31.0 Å². The van der Waals surface area contributed by atoms with E-state index in [2.05, 4.69) is 4.98 Å². The van der Waals surface area contributed by atoms with Crippen LogP contribution in [0.3, 0.4) is 0 Å². The molecule has 0 atom stereocenters. The van der Waals surface area contributed by atoms with Gasteiger partial charge in [0.25, 0.3) is 0 Å². The average Bonchev–Trinajstić information content (AvgIpc) is 3.21. The molecule has 0 fully saturated rings. The fourth-order valence-corrected chi connectivity index (χ4v) is 3.34. The van der Waals surface area contributed by atoms with Gasteiger partial charge in [-0.25, -0.2) is 9.78 Å². The molecule has 3 aromatic rings. The Balaban J connectivity index is 1.88. The van der Waals surface area contributed by atoms with Gasteiger partial charge in [-0.15, -0.1) is 11.3 Å². The first-order valence-corrected chi connectivity index (χ1v) is 9.41. The third-order valence-electron chi connectivity index (χ3n) is 4.01. The van der Waals surface area contributed by atoms with Gasteiger partial charge in [0.15, 0.2) is 11.5 Å². The van der Waals surface area contributed by atoms with Crippen molar-refractivity contribution in [3.05, 3.63) is 70.2 Å². The molecule has 2 aromatic carbocycles. The van der Waals surface area contributed by atoms with Gasteiger partial charge in [0.2, 0.25) is 0 Å². The number of hydrogen-bond acceptors (Lipinski definition) is 7. The highest BCUT2D eigenvalue weighted by atomic mass is 32.1. The molecule has 0 aliphatic heterocycles. The van der Waals surface area contributed by atoms with Gasteiger partial charge in [-0.3, -0.25) is 4.79 Å². The predicted molar refractivity (Wildman–Crippen MR) is 105 cm³/mol. The van der Waals surface area contributed by atoms with E-state index in [4.69, 9.17) is 14.2 Å². The summed E-state index contributed by atoms with van der Waals surface area (Å²) in [6.07, 6.45) is 2.15. The summed E-state index contributed by atoms with van der Waals surface area (Å²) in [6.45, 7) is 0. The van der Waals surface area contributed by atoms with Crippen molar-refractivity contribution in [3.8, 4) is 17.2 Å². The maximum Gasteiger partial charge on any atom is 0.341 e. The van der Waals surface area contributed by atoms with Crippen LogP contribution in [0.4, 0.5) is 0 Å². The van der Waals surface area contributed by atoms with E-state index >= 15 is 0 Å². The maximum absolute atomic E-state index is 12.4. The molecule has 0 aliphatic rings. The van der Waals surface area contributed by atoms with Crippen molar-refractivity contribution in [1.29, 1.82) is 0 Å². The molecule has 144 valence electrons. The molecule has 1 aromatic heterocycles. The molecule has 0 radical (unpaired) electrons. The molecular weight excluding hydrogens is 378 g/mol. The Labute approximate surface area is 166 Å². The number of rotatable bonds is 8. The maximum atomic E-state index is 12.4. The van der Waals surface area contributed by atoms with E-state index < -0.39 is 5.97 Å². The van der Waals surface area contributed by atoms with E-state index in [1.807, 2.05) is 17.5 Å². The Morgan fingerprint density at radius 3 is 2.50 bits per heavy atom. The standard InChI is InChI=1S/C21H19NO5S/c1-25-18-9-5-7-16(21(24)26-2)20(18)27-17-8-4-3-6-14(17)12-15(23)13-19-22-10-11-28-19/h3-11H,12-13H2,1-2H3. The van der Waals surface area contributed by atoms with Gasteiger partial charge in [-0.1, -0.05) is 24.3 Å². The van der Waals surface area contributed by atoms with Crippen molar-refractivity contribution < 1.29 is 23.8 Å². The van der Waals surface area contributed by atoms with E-state index in [0.29, 0.717) is 17.1 Å². The summed E-state index contributed by atoms with van der Waals surface area (Å²) in [6, 6.07) is 12.2. The summed E-state index contributed by atoms with van der Waals surface area (Å²) in [5, 5.41) is 2.62. The van der Waals surface area contributed by atoms with Crippen molar-refractivity contribution in [2.24, 2.45) is 0 Å². The van der Waals surface area contributed by atoms with Crippen molar-refractivity contribution in [1.82, 2.24) is 4.98 Å². The summed E-state index contributed by atoms with van der Waals surface area (Å²) in [4.78, 5) is 28.7. The van der Waals surface area contributed by atoms with Crippen LogP contribution in [0.15, 0.2) is 54.0 Å². The van der Waals surface area contributed by atoms with Crippen LogP contribution in [0.5, 0.6) is 17.2 Å². The molecule has 3 rings (SSSR count). The number of carbonyl (C=O) groups is 2. The molecule has 0 spiro atoms. The smallest absolute Gasteiger partial charge is 0.341 e. The molecule has 28 heavy (non-hydrogen) atoms. The first-order valence-electron chi connectivity index (χ1n) is 8.53. The second kappa shape index (κ2) is 9.14. The second-order valence-corrected chi connectivity index (χ2v) is 6.84. The van der Waals surface area contributed by atoms with Gasteiger partial charge in [0, 0.05) is 23.6 Å². The van der Waals surface area contributed by atoms with E-state index in [1.54, 1.807) is 36.5 Å². The highest BCUT2D eigenvalue weighted by molar-refractivity contribution is 7.09. The SMILES string of the molecule is COC(=O)c1cccc(OC)c1Oc1ccccc1CC(=O)Cc1nccs1. The van der Waals surface area contributed by atoms with Crippen LogP contribution in [0.2, 0.25) is 0 Å². The number of thiazole rings is 1. The van der Waals surface area contributed by atoms with Gasteiger partial charge in [0.05, 0.1) is 25.6 Å². The molecule has 0 saturated heterocycles. The highest BCUT2D eigenvalue weighted by Gasteiger charge is 2.20. The summed E-state index contributed by atoms with van der Waals surface area (Å²) in [5.74, 6) is 0.610. The molecule has 6 nitrogen and oxygen atoms in total. The largest absolute Gasteiger partial charge is 0.493 e. The second-order valence-electron chi connectivity index (χ2n) is 5.86. The summed E-state index contributed by atoms with van der Waals surface area (Å²) < 4.78 is 16.2. The molecule has 7 heteroatoms. The van der Waals surface area contributed by atoms with E-state index in [1.165, 1.54) is 25.6 Å². The number of benzene rings is 2. The first-order chi connectivity index (χ1) is 13.6. The van der Waals surface area contributed by atoms with Gasteiger partial charge < -0.3 is 14.2 Å². The van der Waals surface area contributed by atoms with E-state index in [-0.39, 0.29) is 29.9 Å². The summed E-state index contributed by atoms with van der Waals surface area (Å²) in [5.41, 5.74) is 0.955. The lowest BCUT2D eigenvalue weighted by molar-refractivity contribution is -0.117. The summed E-state index contributed by atoms with van der Waals surface area (Å²) >= 11 is 1.45. The Morgan fingerprint density at radius 2 is 1.79 bits per heavy atom. The van der Waals surface area contributed by atoms with Crippen LogP contribution in [0.25, 0.3) is 0 Å². The Morgan fingerprint density at radius 1 is 1.00 bits per heavy atom. The normalized spacial score (nSPS) is 10.4. The minimum Gasteiger partial charge on any atom is -0.493 e. The third kappa shape index (κ3) is 4.55. The minimum absolute atomic E-state index is 0.0271. The zero-order chi connectivity index (χ0) is 19.9. The molecule has 0 saturated carbocycles. The lowest BCUT2D eigenvalue weighted by atomic mass is 10.1. The van der Waals surface area contributed by atoms with Crippen molar-refractivity contribution in [2.75, 3.05) is 14.2 Å². The number of hydrogen-bond donors (Lipinski definition) is 0. The number of carbonyl (C=O) groups excluding carboxylic acids is 2. The zero-order valence-electron chi connectivity index (χ0n) is 15.5. The lowest BCUT2D eigenvalue weighted by Crippen LogP contribution is -2.08.